The van der Waals surface area contributed by atoms with Gasteiger partial charge in [-0.3, -0.25) is 4.90 Å². The van der Waals surface area contributed by atoms with Crippen molar-refractivity contribution in [2.75, 3.05) is 26.3 Å². The van der Waals surface area contributed by atoms with Crippen LogP contribution in [0.25, 0.3) is 0 Å². The molecule has 2 aromatic rings. The van der Waals surface area contributed by atoms with E-state index < -0.39 is 0 Å². The average Bonchev–Trinajstić information content (AvgIpc) is 3.31. The molecular formula is C18H22N2O3S. The number of rotatable bonds is 5. The van der Waals surface area contributed by atoms with Gasteiger partial charge in [0.2, 0.25) is 0 Å². The molecule has 1 aromatic heterocycles. The fraction of sp³-hybridized carbons (Fsp3) is 0.500. The predicted molar refractivity (Wildman–Crippen MR) is 92.2 cm³/mol. The summed E-state index contributed by atoms with van der Waals surface area (Å²) in [4.78, 5) is 6.80. The van der Waals surface area contributed by atoms with E-state index in [0.29, 0.717) is 6.61 Å². The van der Waals surface area contributed by atoms with Gasteiger partial charge in [-0.1, -0.05) is 12.1 Å². The summed E-state index contributed by atoms with van der Waals surface area (Å²) < 4.78 is 17.3. The van der Waals surface area contributed by atoms with E-state index in [1.54, 1.807) is 11.3 Å². The highest BCUT2D eigenvalue weighted by molar-refractivity contribution is 7.09. The van der Waals surface area contributed by atoms with Gasteiger partial charge in [-0.15, -0.1) is 11.3 Å². The number of likely N-dealkylation sites (tertiary alicyclic amines) is 1. The predicted octanol–water partition coefficient (Wildman–Crippen LogP) is 2.98. The fourth-order valence-electron chi connectivity index (χ4n) is 3.28. The van der Waals surface area contributed by atoms with E-state index in [2.05, 4.69) is 22.0 Å². The van der Waals surface area contributed by atoms with Crippen LogP contribution in [0.3, 0.4) is 0 Å². The van der Waals surface area contributed by atoms with Gasteiger partial charge in [-0.25, -0.2) is 4.98 Å². The van der Waals surface area contributed by atoms with Gasteiger partial charge >= 0.3 is 0 Å². The molecule has 0 atom stereocenters. The summed E-state index contributed by atoms with van der Waals surface area (Å²) in [5.41, 5.74) is 2.27. The van der Waals surface area contributed by atoms with E-state index in [9.17, 15) is 0 Å². The van der Waals surface area contributed by atoms with Gasteiger partial charge in [-0.2, -0.15) is 0 Å². The first-order valence-corrected chi connectivity index (χ1v) is 9.22. The highest BCUT2D eigenvalue weighted by atomic mass is 32.1. The number of aryl methyl sites for hydroxylation is 1. The number of nitrogens with zero attached hydrogens (tertiary/aromatic N) is 2. The lowest BCUT2D eigenvalue weighted by Crippen LogP contribution is -2.34. The van der Waals surface area contributed by atoms with E-state index in [4.69, 9.17) is 14.2 Å². The van der Waals surface area contributed by atoms with Gasteiger partial charge in [0.25, 0.3) is 0 Å². The van der Waals surface area contributed by atoms with Crippen molar-refractivity contribution in [2.45, 2.75) is 32.3 Å². The van der Waals surface area contributed by atoms with E-state index in [0.717, 1.165) is 55.7 Å². The number of benzene rings is 1. The minimum absolute atomic E-state index is 0.339. The molecule has 2 saturated heterocycles. The maximum atomic E-state index is 5.80. The maximum absolute atomic E-state index is 5.80. The third-order valence-electron chi connectivity index (χ3n) is 4.47. The molecule has 2 fully saturated rings. The average molecular weight is 346 g/mol. The van der Waals surface area contributed by atoms with Gasteiger partial charge in [0.1, 0.15) is 12.4 Å². The third-order valence-corrected chi connectivity index (χ3v) is 5.29. The third kappa shape index (κ3) is 3.62. The van der Waals surface area contributed by atoms with Crippen molar-refractivity contribution in [2.24, 2.45) is 0 Å². The molecule has 0 unspecified atom stereocenters. The van der Waals surface area contributed by atoms with Crippen molar-refractivity contribution < 1.29 is 14.2 Å². The lowest BCUT2D eigenvalue weighted by atomic mass is 10.2. The first kappa shape index (κ1) is 16.0. The lowest BCUT2D eigenvalue weighted by molar-refractivity contribution is -0.145. The highest BCUT2D eigenvalue weighted by Gasteiger charge is 2.42. The van der Waals surface area contributed by atoms with Crippen LogP contribution in [0.2, 0.25) is 0 Å². The SMILES string of the molecule is Cc1nc(COc2ccc(CN3CCC4(C3)OCCO4)cc2)cs1. The summed E-state index contributed by atoms with van der Waals surface area (Å²) in [6, 6.07) is 8.32. The maximum Gasteiger partial charge on any atom is 0.182 e. The van der Waals surface area contributed by atoms with Crippen LogP contribution in [0.15, 0.2) is 29.6 Å². The molecule has 2 aliphatic rings. The van der Waals surface area contributed by atoms with Gasteiger partial charge in [-0.05, 0) is 24.6 Å². The second-order valence-electron chi connectivity index (χ2n) is 6.36. The Bertz CT molecular complexity index is 680. The zero-order valence-electron chi connectivity index (χ0n) is 13.9. The number of aromatic nitrogens is 1. The van der Waals surface area contributed by atoms with Gasteiger partial charge in [0.15, 0.2) is 5.79 Å². The molecule has 0 N–H and O–H groups in total. The summed E-state index contributed by atoms with van der Waals surface area (Å²) >= 11 is 1.65. The quantitative estimate of drug-likeness (QED) is 0.833. The molecule has 0 bridgehead atoms. The van der Waals surface area contributed by atoms with Gasteiger partial charge in [0.05, 0.1) is 30.5 Å². The molecule has 0 aliphatic carbocycles. The molecule has 2 aliphatic heterocycles. The van der Waals surface area contributed by atoms with Crippen LogP contribution in [-0.2, 0) is 22.6 Å². The van der Waals surface area contributed by atoms with Crippen LogP contribution in [0.5, 0.6) is 5.75 Å². The topological polar surface area (TPSA) is 43.8 Å². The number of ether oxygens (including phenoxy) is 3. The Hall–Kier alpha value is -1.47. The first-order valence-electron chi connectivity index (χ1n) is 8.34. The lowest BCUT2D eigenvalue weighted by Gasteiger charge is -2.22. The summed E-state index contributed by atoms with van der Waals surface area (Å²) in [6.07, 6.45) is 0.960. The molecule has 5 nitrogen and oxygen atoms in total. The zero-order valence-corrected chi connectivity index (χ0v) is 14.7. The molecular weight excluding hydrogens is 324 g/mol. The monoisotopic (exact) mass is 346 g/mol. The molecule has 4 rings (SSSR count). The van der Waals surface area contributed by atoms with Crippen molar-refractivity contribution in [3.63, 3.8) is 0 Å². The first-order chi connectivity index (χ1) is 11.7. The van der Waals surface area contributed by atoms with Gasteiger partial charge in [0, 0.05) is 24.9 Å². The molecule has 3 heterocycles. The Balaban J connectivity index is 1.29. The van der Waals surface area contributed by atoms with Crippen LogP contribution in [0, 0.1) is 6.92 Å². The van der Waals surface area contributed by atoms with E-state index in [1.807, 2.05) is 24.4 Å². The van der Waals surface area contributed by atoms with E-state index >= 15 is 0 Å². The van der Waals surface area contributed by atoms with Crippen molar-refractivity contribution in [1.82, 2.24) is 9.88 Å². The number of thiazole rings is 1. The Morgan fingerprint density at radius 1 is 1.25 bits per heavy atom. The Kier molecular flexibility index (Phi) is 4.54. The Morgan fingerprint density at radius 2 is 2.04 bits per heavy atom. The molecule has 0 radical (unpaired) electrons. The molecule has 6 heteroatoms. The summed E-state index contributed by atoms with van der Waals surface area (Å²) in [7, 11) is 0. The van der Waals surface area contributed by atoms with Crippen molar-refractivity contribution in [1.29, 1.82) is 0 Å². The van der Waals surface area contributed by atoms with Gasteiger partial charge < -0.3 is 14.2 Å². The smallest absolute Gasteiger partial charge is 0.182 e. The van der Waals surface area contributed by atoms with Crippen LogP contribution >= 0.6 is 11.3 Å². The molecule has 1 aromatic carbocycles. The minimum atomic E-state index is -0.339. The summed E-state index contributed by atoms with van der Waals surface area (Å²) in [5, 5.41) is 3.11. The van der Waals surface area contributed by atoms with Crippen molar-refractivity contribution in [3.8, 4) is 5.75 Å². The molecule has 0 saturated carbocycles. The second-order valence-corrected chi connectivity index (χ2v) is 7.42. The summed E-state index contributed by atoms with van der Waals surface area (Å²) in [5.74, 6) is 0.541. The molecule has 128 valence electrons. The van der Waals surface area contributed by atoms with Crippen LogP contribution in [-0.4, -0.2) is 42.0 Å². The fourth-order valence-corrected chi connectivity index (χ4v) is 3.87. The molecule has 0 amide bonds. The summed E-state index contributed by atoms with van der Waals surface area (Å²) in [6.45, 7) is 6.76. The van der Waals surface area contributed by atoms with Crippen LogP contribution in [0.1, 0.15) is 22.7 Å². The van der Waals surface area contributed by atoms with Crippen molar-refractivity contribution in [3.05, 3.63) is 45.9 Å². The molecule has 1 spiro atoms. The minimum Gasteiger partial charge on any atom is -0.487 e. The normalized spacial score (nSPS) is 20.0. The number of hydrogen-bond donors (Lipinski definition) is 0. The zero-order chi connectivity index (χ0) is 16.4. The Morgan fingerprint density at radius 3 is 2.75 bits per heavy atom. The van der Waals surface area contributed by atoms with Crippen molar-refractivity contribution >= 4 is 11.3 Å². The highest BCUT2D eigenvalue weighted by Crippen LogP contribution is 2.31. The van der Waals surface area contributed by atoms with E-state index in [-0.39, 0.29) is 5.79 Å². The second kappa shape index (κ2) is 6.80. The standard InChI is InChI=1S/C18H22N2O3S/c1-14-19-16(12-24-14)11-21-17-4-2-15(3-5-17)10-20-7-6-18(13-20)22-8-9-23-18/h2-5,12H,6-11,13H2,1H3. The number of hydrogen-bond acceptors (Lipinski definition) is 6. The molecule has 24 heavy (non-hydrogen) atoms. The van der Waals surface area contributed by atoms with E-state index in [1.165, 1.54) is 5.56 Å². The largest absolute Gasteiger partial charge is 0.487 e. The Labute approximate surface area is 146 Å². The van der Waals surface area contributed by atoms with Crippen LogP contribution < -0.4 is 4.74 Å². The van der Waals surface area contributed by atoms with Crippen LogP contribution in [0.4, 0.5) is 0 Å².